The molecule has 0 unspecified atom stereocenters. The van der Waals surface area contributed by atoms with Crippen LogP contribution in [0.3, 0.4) is 0 Å². The average Bonchev–Trinajstić information content (AvgIpc) is 1.99. The van der Waals surface area contributed by atoms with E-state index in [2.05, 4.69) is 6.58 Å². The monoisotopic (exact) mass is 137 g/mol. The Morgan fingerprint density at radius 1 is 1.60 bits per heavy atom. The van der Waals surface area contributed by atoms with Crippen LogP contribution >= 0.6 is 0 Å². The smallest absolute Gasteiger partial charge is 0.0151 e. The fourth-order valence-electron chi connectivity index (χ4n) is 0.690. The number of rotatable bonds is 3. The summed E-state index contributed by atoms with van der Waals surface area (Å²) >= 11 is 0. The van der Waals surface area contributed by atoms with Crippen LogP contribution in [0, 0.1) is 0 Å². The maximum Gasteiger partial charge on any atom is 0.0151 e. The Labute approximate surface area is 62.9 Å². The van der Waals surface area contributed by atoms with Gasteiger partial charge in [0.1, 0.15) is 0 Å². The van der Waals surface area contributed by atoms with E-state index in [1.807, 2.05) is 26.0 Å². The molecule has 0 fully saturated rings. The molecule has 0 saturated heterocycles. The van der Waals surface area contributed by atoms with Crippen molar-refractivity contribution in [2.24, 2.45) is 5.73 Å². The molecule has 0 aromatic carbocycles. The molecule has 0 amide bonds. The summed E-state index contributed by atoms with van der Waals surface area (Å²) in [5.41, 5.74) is 7.60. The van der Waals surface area contributed by atoms with Crippen LogP contribution in [-0.2, 0) is 0 Å². The summed E-state index contributed by atoms with van der Waals surface area (Å²) in [6.45, 7) is 7.65. The Hall–Kier alpha value is -0.980. The maximum absolute atomic E-state index is 5.67. The van der Waals surface area contributed by atoms with Crippen molar-refractivity contribution in [3.63, 3.8) is 0 Å². The average molecular weight is 137 g/mol. The number of allylic oxidation sites excluding steroid dienone is 5. The third-order valence-corrected chi connectivity index (χ3v) is 1.32. The van der Waals surface area contributed by atoms with Gasteiger partial charge in [-0.1, -0.05) is 31.7 Å². The molecular weight excluding hydrogens is 122 g/mol. The topological polar surface area (TPSA) is 26.0 Å². The van der Waals surface area contributed by atoms with E-state index in [0.717, 1.165) is 17.7 Å². The summed E-state index contributed by atoms with van der Waals surface area (Å²) in [7, 11) is 0. The van der Waals surface area contributed by atoms with E-state index in [-0.39, 0.29) is 0 Å². The van der Waals surface area contributed by atoms with Crippen molar-refractivity contribution in [1.82, 2.24) is 0 Å². The minimum Gasteiger partial charge on any atom is -0.402 e. The highest BCUT2D eigenvalue weighted by molar-refractivity contribution is 5.32. The van der Waals surface area contributed by atoms with E-state index in [9.17, 15) is 0 Å². The first kappa shape index (κ1) is 9.02. The minimum atomic E-state index is 0.881. The highest BCUT2D eigenvalue weighted by Gasteiger charge is 1.90. The predicted octanol–water partition coefficient (Wildman–Crippen LogP) is 2.37. The molecule has 0 aromatic heterocycles. The predicted molar refractivity (Wildman–Crippen MR) is 46.5 cm³/mol. The van der Waals surface area contributed by atoms with Crippen LogP contribution in [0.4, 0.5) is 0 Å². The first-order valence-electron chi connectivity index (χ1n) is 3.50. The molecule has 0 rings (SSSR count). The Bertz CT molecular complexity index is 164. The zero-order valence-corrected chi connectivity index (χ0v) is 6.72. The van der Waals surface area contributed by atoms with Gasteiger partial charge in [0.25, 0.3) is 0 Å². The number of hydrogen-bond acceptors (Lipinski definition) is 1. The zero-order chi connectivity index (χ0) is 7.98. The van der Waals surface area contributed by atoms with Gasteiger partial charge < -0.3 is 5.73 Å². The van der Waals surface area contributed by atoms with Crippen LogP contribution in [0.2, 0.25) is 0 Å². The fourth-order valence-corrected chi connectivity index (χ4v) is 0.690. The summed E-state index contributed by atoms with van der Waals surface area (Å²) in [4.78, 5) is 0. The molecule has 0 radical (unpaired) electrons. The van der Waals surface area contributed by atoms with Crippen molar-refractivity contribution in [2.45, 2.75) is 20.3 Å². The molecule has 1 nitrogen and oxygen atoms in total. The van der Waals surface area contributed by atoms with Crippen LogP contribution in [0.5, 0.6) is 0 Å². The van der Waals surface area contributed by atoms with E-state index in [1.165, 1.54) is 0 Å². The van der Waals surface area contributed by atoms with Gasteiger partial charge in [-0.05, 0) is 18.9 Å². The molecule has 0 spiro atoms. The molecule has 0 heterocycles. The lowest BCUT2D eigenvalue weighted by Crippen LogP contribution is -1.97. The molecule has 0 bridgehead atoms. The Morgan fingerprint density at radius 3 is 2.50 bits per heavy atom. The van der Waals surface area contributed by atoms with Crippen LogP contribution in [0.25, 0.3) is 0 Å². The highest BCUT2D eigenvalue weighted by Crippen LogP contribution is 2.04. The molecule has 1 heteroatoms. The minimum absolute atomic E-state index is 0.881. The third kappa shape index (κ3) is 2.53. The number of nitrogens with two attached hydrogens (primary N) is 1. The van der Waals surface area contributed by atoms with Gasteiger partial charge in [0.15, 0.2) is 0 Å². The Kier molecular flexibility index (Phi) is 4.38. The molecule has 0 aliphatic heterocycles. The van der Waals surface area contributed by atoms with Crippen molar-refractivity contribution >= 4 is 0 Å². The lowest BCUT2D eigenvalue weighted by molar-refractivity contribution is 1.05. The summed E-state index contributed by atoms with van der Waals surface area (Å²) in [5, 5.41) is 0. The molecular formula is C9H15N. The maximum atomic E-state index is 5.67. The van der Waals surface area contributed by atoms with Gasteiger partial charge in [0.2, 0.25) is 0 Å². The molecule has 0 aliphatic rings. The van der Waals surface area contributed by atoms with Gasteiger partial charge in [-0.2, -0.15) is 0 Å². The van der Waals surface area contributed by atoms with Crippen LogP contribution in [0.1, 0.15) is 20.3 Å². The summed E-state index contributed by atoms with van der Waals surface area (Å²) in [6.07, 6.45) is 6.58. The lowest BCUT2D eigenvalue weighted by atomic mass is 10.1. The van der Waals surface area contributed by atoms with Crippen molar-refractivity contribution < 1.29 is 0 Å². The van der Waals surface area contributed by atoms with Crippen LogP contribution in [0.15, 0.2) is 36.1 Å². The van der Waals surface area contributed by atoms with Gasteiger partial charge in [0.05, 0.1) is 0 Å². The third-order valence-electron chi connectivity index (χ3n) is 1.32. The highest BCUT2D eigenvalue weighted by atomic mass is 14.6. The Morgan fingerprint density at radius 2 is 2.20 bits per heavy atom. The molecule has 0 aliphatic carbocycles. The summed E-state index contributed by atoms with van der Waals surface area (Å²) in [5.74, 6) is 0. The van der Waals surface area contributed by atoms with Crippen LogP contribution in [-0.4, -0.2) is 0 Å². The zero-order valence-electron chi connectivity index (χ0n) is 6.72. The second kappa shape index (κ2) is 4.86. The molecule has 56 valence electrons. The molecule has 2 N–H and O–H groups in total. The normalized spacial score (nSPS) is 13.4. The standard InChI is InChI=1S/C9H15N/c1-4-7-8(5-2)9(10)6-3/h4-5,7H,2,6,10H2,1,3H3/b7-4-,9-8+. The van der Waals surface area contributed by atoms with E-state index in [0.29, 0.717) is 0 Å². The first-order chi connectivity index (χ1) is 4.76. The summed E-state index contributed by atoms with van der Waals surface area (Å²) < 4.78 is 0. The van der Waals surface area contributed by atoms with Gasteiger partial charge in [-0.25, -0.2) is 0 Å². The second-order valence-corrected chi connectivity index (χ2v) is 2.04. The van der Waals surface area contributed by atoms with Crippen LogP contribution < -0.4 is 5.73 Å². The van der Waals surface area contributed by atoms with Gasteiger partial charge >= 0.3 is 0 Å². The quantitative estimate of drug-likeness (QED) is 0.594. The lowest BCUT2D eigenvalue weighted by Gasteiger charge is -1.98. The van der Waals surface area contributed by atoms with E-state index in [1.54, 1.807) is 6.08 Å². The molecule has 10 heavy (non-hydrogen) atoms. The van der Waals surface area contributed by atoms with Gasteiger partial charge in [-0.15, -0.1) is 0 Å². The SMILES string of the molecule is C=CC(/C=C\C)=C(\N)CC. The van der Waals surface area contributed by atoms with Gasteiger partial charge in [0, 0.05) is 5.70 Å². The van der Waals surface area contributed by atoms with Crippen molar-refractivity contribution in [3.05, 3.63) is 36.1 Å². The first-order valence-corrected chi connectivity index (χ1v) is 3.50. The molecule has 0 saturated carbocycles. The van der Waals surface area contributed by atoms with Gasteiger partial charge in [-0.3, -0.25) is 0 Å². The second-order valence-electron chi connectivity index (χ2n) is 2.04. The van der Waals surface area contributed by atoms with E-state index in [4.69, 9.17) is 5.73 Å². The van der Waals surface area contributed by atoms with Crippen molar-refractivity contribution in [3.8, 4) is 0 Å². The Balaban J connectivity index is 4.44. The van der Waals surface area contributed by atoms with E-state index < -0.39 is 0 Å². The fraction of sp³-hybridized carbons (Fsp3) is 0.333. The molecule has 0 aromatic rings. The van der Waals surface area contributed by atoms with E-state index >= 15 is 0 Å². The largest absolute Gasteiger partial charge is 0.402 e. The van der Waals surface area contributed by atoms with Crippen molar-refractivity contribution in [2.75, 3.05) is 0 Å². The summed E-state index contributed by atoms with van der Waals surface area (Å²) in [6, 6.07) is 0. The number of hydrogen-bond donors (Lipinski definition) is 1. The van der Waals surface area contributed by atoms with Crippen molar-refractivity contribution in [1.29, 1.82) is 0 Å². The molecule has 0 atom stereocenters.